The van der Waals surface area contributed by atoms with E-state index in [-0.39, 0.29) is 17.1 Å². The maximum Gasteiger partial charge on any atom is 0.242 e. The van der Waals surface area contributed by atoms with Crippen molar-refractivity contribution in [3.63, 3.8) is 0 Å². The van der Waals surface area contributed by atoms with Crippen molar-refractivity contribution in [1.29, 1.82) is 0 Å². The topological polar surface area (TPSA) is 70.4 Å². The fourth-order valence-corrected chi connectivity index (χ4v) is 7.05. The number of anilines is 1. The van der Waals surface area contributed by atoms with Crippen LogP contribution in [0, 0.1) is 18.2 Å². The lowest BCUT2D eigenvalue weighted by molar-refractivity contribution is -0.136. The van der Waals surface area contributed by atoms with Gasteiger partial charge >= 0.3 is 0 Å². The van der Waals surface area contributed by atoms with Gasteiger partial charge in [-0.1, -0.05) is 11.6 Å². The molecular formula is C28H31ClFN7O. The molecule has 0 N–H and O–H groups in total. The van der Waals surface area contributed by atoms with E-state index in [1.165, 1.54) is 6.07 Å². The highest BCUT2D eigenvalue weighted by Crippen LogP contribution is 2.57. The van der Waals surface area contributed by atoms with Gasteiger partial charge in [-0.15, -0.1) is 10.2 Å². The van der Waals surface area contributed by atoms with Crippen molar-refractivity contribution in [2.24, 2.45) is 5.41 Å². The van der Waals surface area contributed by atoms with Crippen LogP contribution in [0.2, 0.25) is 5.02 Å². The SMILES string of the molecule is Cc1nc(N2CC3(CC(c4nnc5n4-c4ccc(Cl)cc4CN(C4(C(=O)N(C)C)CC4)C5)C3)C2)ccc1F. The number of rotatable bonds is 4. The summed E-state index contributed by atoms with van der Waals surface area (Å²) in [6.07, 6.45) is 3.78. The van der Waals surface area contributed by atoms with Crippen LogP contribution in [-0.2, 0) is 17.9 Å². The molecule has 7 rings (SSSR count). The zero-order valence-corrected chi connectivity index (χ0v) is 22.7. The molecule has 4 aliphatic rings. The number of hydrogen-bond acceptors (Lipinski definition) is 6. The number of carbonyl (C=O) groups excluding carboxylic acids is 1. The molecule has 3 aromatic rings. The molecule has 1 saturated heterocycles. The second-order valence-electron chi connectivity index (χ2n) is 11.9. The Morgan fingerprint density at radius 1 is 1.11 bits per heavy atom. The lowest BCUT2D eigenvalue weighted by atomic mass is 9.57. The van der Waals surface area contributed by atoms with Gasteiger partial charge in [0.1, 0.15) is 23.0 Å². The minimum absolute atomic E-state index is 0.149. The largest absolute Gasteiger partial charge is 0.355 e. The highest BCUT2D eigenvalue weighted by Gasteiger charge is 2.57. The molecule has 0 bridgehead atoms. The molecule has 1 amide bonds. The summed E-state index contributed by atoms with van der Waals surface area (Å²) < 4.78 is 15.9. The molecule has 8 nitrogen and oxygen atoms in total. The summed E-state index contributed by atoms with van der Waals surface area (Å²) in [4.78, 5) is 23.8. The van der Waals surface area contributed by atoms with Gasteiger partial charge in [-0.2, -0.15) is 0 Å². The van der Waals surface area contributed by atoms with Gasteiger partial charge in [0, 0.05) is 50.1 Å². The molecule has 38 heavy (non-hydrogen) atoms. The molecule has 3 fully saturated rings. The number of hydrogen-bond donors (Lipinski definition) is 0. The number of halogens is 2. The third-order valence-corrected chi connectivity index (χ3v) is 9.21. The Bertz CT molecular complexity index is 1450. The molecule has 2 aromatic heterocycles. The Labute approximate surface area is 226 Å². The Balaban J connectivity index is 1.15. The van der Waals surface area contributed by atoms with Gasteiger partial charge in [0.25, 0.3) is 0 Å². The number of nitrogens with zero attached hydrogens (tertiary/aromatic N) is 7. The molecular weight excluding hydrogens is 505 g/mol. The number of benzene rings is 1. The third kappa shape index (κ3) is 3.58. The summed E-state index contributed by atoms with van der Waals surface area (Å²) in [6, 6.07) is 9.27. The van der Waals surface area contributed by atoms with Crippen LogP contribution >= 0.6 is 11.6 Å². The van der Waals surface area contributed by atoms with Crippen LogP contribution in [0.1, 0.15) is 54.5 Å². The smallest absolute Gasteiger partial charge is 0.242 e. The van der Waals surface area contributed by atoms with Crippen LogP contribution in [0.3, 0.4) is 0 Å². The van der Waals surface area contributed by atoms with Crippen molar-refractivity contribution < 1.29 is 9.18 Å². The molecule has 2 aliphatic heterocycles. The number of carbonyl (C=O) groups is 1. The van der Waals surface area contributed by atoms with Gasteiger partial charge in [-0.3, -0.25) is 14.3 Å². The van der Waals surface area contributed by atoms with Crippen LogP contribution in [-0.4, -0.2) is 68.2 Å². The van der Waals surface area contributed by atoms with Gasteiger partial charge in [0.15, 0.2) is 5.82 Å². The van der Waals surface area contributed by atoms with Gasteiger partial charge in [0.2, 0.25) is 5.91 Å². The fourth-order valence-electron chi connectivity index (χ4n) is 6.85. The maximum atomic E-state index is 13.7. The molecule has 0 atom stereocenters. The van der Waals surface area contributed by atoms with Crippen LogP contribution in [0.4, 0.5) is 10.2 Å². The van der Waals surface area contributed by atoms with Crippen LogP contribution in [0.15, 0.2) is 30.3 Å². The number of aryl methyl sites for hydroxylation is 1. The first-order valence-electron chi connectivity index (χ1n) is 13.3. The van der Waals surface area contributed by atoms with Gasteiger partial charge < -0.3 is 9.80 Å². The second-order valence-corrected chi connectivity index (χ2v) is 12.3. The Morgan fingerprint density at radius 3 is 2.55 bits per heavy atom. The minimum Gasteiger partial charge on any atom is -0.355 e. The normalized spacial score (nSPS) is 21.2. The number of likely N-dealkylation sites (N-methyl/N-ethyl adjacent to an activating group) is 1. The molecule has 2 saturated carbocycles. The molecule has 1 spiro atoms. The Kier molecular flexibility index (Phi) is 5.20. The summed E-state index contributed by atoms with van der Waals surface area (Å²) in [6.45, 7) is 4.78. The van der Waals surface area contributed by atoms with Crippen molar-refractivity contribution >= 4 is 23.3 Å². The van der Waals surface area contributed by atoms with E-state index in [4.69, 9.17) is 16.7 Å². The average Bonchev–Trinajstić information content (AvgIpc) is 3.57. The van der Waals surface area contributed by atoms with E-state index >= 15 is 0 Å². The average molecular weight is 536 g/mol. The molecule has 2 aliphatic carbocycles. The van der Waals surface area contributed by atoms with Crippen LogP contribution < -0.4 is 4.90 Å². The first-order valence-corrected chi connectivity index (χ1v) is 13.6. The number of pyridine rings is 1. The predicted molar refractivity (Wildman–Crippen MR) is 142 cm³/mol. The van der Waals surface area contributed by atoms with E-state index in [0.717, 1.165) is 67.5 Å². The Hall–Kier alpha value is -3.04. The zero-order valence-electron chi connectivity index (χ0n) is 21.9. The van der Waals surface area contributed by atoms with Crippen molar-refractivity contribution in [1.82, 2.24) is 29.5 Å². The molecule has 0 radical (unpaired) electrons. The minimum atomic E-state index is -0.479. The highest BCUT2D eigenvalue weighted by molar-refractivity contribution is 6.30. The van der Waals surface area contributed by atoms with E-state index in [9.17, 15) is 9.18 Å². The Morgan fingerprint density at radius 2 is 1.87 bits per heavy atom. The number of aromatic nitrogens is 4. The predicted octanol–water partition coefficient (Wildman–Crippen LogP) is 4.08. The van der Waals surface area contributed by atoms with Crippen LogP contribution in [0.5, 0.6) is 0 Å². The highest BCUT2D eigenvalue weighted by atomic mass is 35.5. The number of amides is 1. The fraction of sp³-hybridized carbons (Fsp3) is 0.500. The second kappa shape index (κ2) is 8.23. The van der Waals surface area contributed by atoms with Crippen molar-refractivity contribution in [2.45, 2.75) is 57.2 Å². The lowest BCUT2D eigenvalue weighted by Crippen LogP contribution is -2.62. The van der Waals surface area contributed by atoms with Gasteiger partial charge in [-0.05, 0) is 68.5 Å². The standard InChI is InChI=1S/C28H31ClFN7O/c1-17-21(30)5-7-23(31-17)35-15-27(16-35)11-19(12-27)25-33-32-24-14-36(28(8-9-28)26(38)34(2)3)13-18-10-20(29)4-6-22(18)37(24)25/h4-7,10,19H,8-9,11-16H2,1-3H3. The lowest BCUT2D eigenvalue weighted by Gasteiger charge is -2.59. The van der Waals surface area contributed by atoms with Crippen LogP contribution in [0.25, 0.3) is 5.69 Å². The summed E-state index contributed by atoms with van der Waals surface area (Å²) in [5.41, 5.74) is 2.36. The molecule has 198 valence electrons. The van der Waals surface area contributed by atoms with E-state index in [2.05, 4.69) is 30.5 Å². The first-order chi connectivity index (χ1) is 18.2. The van der Waals surface area contributed by atoms with E-state index < -0.39 is 5.54 Å². The quantitative estimate of drug-likeness (QED) is 0.501. The van der Waals surface area contributed by atoms with E-state index in [1.54, 1.807) is 17.9 Å². The third-order valence-electron chi connectivity index (χ3n) is 8.97. The molecule has 1 aromatic carbocycles. The van der Waals surface area contributed by atoms with Gasteiger partial charge in [0.05, 0.1) is 17.9 Å². The maximum absolute atomic E-state index is 13.7. The van der Waals surface area contributed by atoms with Crippen molar-refractivity contribution in [2.75, 3.05) is 32.1 Å². The monoisotopic (exact) mass is 535 g/mol. The number of fused-ring (bicyclic) bond motifs is 3. The summed E-state index contributed by atoms with van der Waals surface area (Å²) in [7, 11) is 3.65. The summed E-state index contributed by atoms with van der Waals surface area (Å²) >= 11 is 6.44. The molecule has 0 unspecified atom stereocenters. The van der Waals surface area contributed by atoms with Crippen molar-refractivity contribution in [3.05, 3.63) is 64.1 Å². The van der Waals surface area contributed by atoms with Gasteiger partial charge in [-0.25, -0.2) is 9.37 Å². The first kappa shape index (κ1) is 24.0. The zero-order chi connectivity index (χ0) is 26.4. The summed E-state index contributed by atoms with van der Waals surface area (Å²) in [5.74, 6) is 2.92. The van der Waals surface area contributed by atoms with E-state index in [0.29, 0.717) is 29.7 Å². The van der Waals surface area contributed by atoms with E-state index in [1.807, 2.05) is 26.2 Å². The molecule has 4 heterocycles. The molecule has 10 heteroatoms. The summed E-state index contributed by atoms with van der Waals surface area (Å²) in [5, 5.41) is 10.1. The van der Waals surface area contributed by atoms with Crippen molar-refractivity contribution in [3.8, 4) is 5.69 Å².